The molecule has 2 heterocycles. The van der Waals surface area contributed by atoms with Crippen molar-refractivity contribution in [2.75, 3.05) is 5.32 Å². The highest BCUT2D eigenvalue weighted by molar-refractivity contribution is 5.90. The van der Waals surface area contributed by atoms with E-state index in [-0.39, 0.29) is 18.7 Å². The maximum absolute atomic E-state index is 12.1. The van der Waals surface area contributed by atoms with Crippen molar-refractivity contribution in [1.29, 1.82) is 0 Å². The highest BCUT2D eigenvalue weighted by Gasteiger charge is 2.10. The van der Waals surface area contributed by atoms with Gasteiger partial charge < -0.3 is 9.88 Å². The van der Waals surface area contributed by atoms with Crippen molar-refractivity contribution in [3.8, 4) is 11.3 Å². The largest absolute Gasteiger partial charge is 0.326 e. The van der Waals surface area contributed by atoms with Crippen LogP contribution in [0.1, 0.15) is 31.2 Å². The second-order valence-corrected chi connectivity index (χ2v) is 7.52. The number of anilines is 1. The van der Waals surface area contributed by atoms with Gasteiger partial charge in [-0.05, 0) is 30.5 Å². The number of rotatable bonds is 9. The number of amides is 2. The van der Waals surface area contributed by atoms with E-state index in [0.29, 0.717) is 18.7 Å². The zero-order valence-electron chi connectivity index (χ0n) is 17.4. The van der Waals surface area contributed by atoms with E-state index in [0.717, 1.165) is 28.8 Å². The summed E-state index contributed by atoms with van der Waals surface area (Å²) in [6.07, 6.45) is 3.34. The fraction of sp³-hybridized carbons (Fsp3) is 0.217. The van der Waals surface area contributed by atoms with Gasteiger partial charge in [0.2, 0.25) is 11.8 Å². The van der Waals surface area contributed by atoms with Gasteiger partial charge in [-0.3, -0.25) is 19.9 Å². The number of aromatic amines is 1. The van der Waals surface area contributed by atoms with Gasteiger partial charge in [0.1, 0.15) is 0 Å². The number of unbranched alkanes of at least 4 members (excludes halogenated alkanes) is 1. The number of hydrogen-bond acceptors (Lipinski definition) is 5. The third-order valence-corrected chi connectivity index (χ3v) is 5.16. The summed E-state index contributed by atoms with van der Waals surface area (Å²) in [5, 5.41) is 18.4. The molecule has 0 unspecified atom stereocenters. The van der Waals surface area contributed by atoms with Crippen molar-refractivity contribution in [2.24, 2.45) is 0 Å². The van der Waals surface area contributed by atoms with Crippen LogP contribution in [0.25, 0.3) is 22.3 Å². The molecule has 2 aromatic heterocycles. The molecule has 0 aliphatic heterocycles. The van der Waals surface area contributed by atoms with Crippen LogP contribution in [0.2, 0.25) is 0 Å². The van der Waals surface area contributed by atoms with Gasteiger partial charge in [-0.1, -0.05) is 36.4 Å². The lowest BCUT2D eigenvalue weighted by Crippen LogP contribution is -2.18. The van der Waals surface area contributed by atoms with Crippen LogP contribution >= 0.6 is 0 Å². The average Bonchev–Trinajstić information content (AvgIpc) is 3.44. The second-order valence-electron chi connectivity index (χ2n) is 7.52. The normalized spacial score (nSPS) is 10.9. The maximum Gasteiger partial charge on any atom is 0.243 e. The number of nitrogens with zero attached hydrogens (tertiary/aromatic N) is 3. The van der Waals surface area contributed by atoms with Crippen LogP contribution in [0, 0.1) is 0 Å². The van der Waals surface area contributed by atoms with Crippen molar-refractivity contribution >= 4 is 28.7 Å². The number of imidazole rings is 1. The van der Waals surface area contributed by atoms with Gasteiger partial charge in [0.25, 0.3) is 0 Å². The van der Waals surface area contributed by atoms with Crippen LogP contribution in [-0.4, -0.2) is 36.8 Å². The fourth-order valence-electron chi connectivity index (χ4n) is 3.50. The number of aromatic nitrogens is 4. The third kappa shape index (κ3) is 5.19. The molecule has 164 valence electrons. The molecule has 0 aliphatic carbocycles. The highest BCUT2D eigenvalue weighted by atomic mass is 16.5. The zero-order chi connectivity index (χ0) is 22.3. The first kappa shape index (κ1) is 21.3. The Morgan fingerprint density at radius 1 is 1.00 bits per heavy atom. The Morgan fingerprint density at radius 3 is 2.56 bits per heavy atom. The molecule has 0 bridgehead atoms. The minimum atomic E-state index is -0.454. The third-order valence-electron chi connectivity index (χ3n) is 5.16. The Morgan fingerprint density at radius 2 is 1.78 bits per heavy atom. The van der Waals surface area contributed by atoms with E-state index in [9.17, 15) is 9.59 Å². The molecule has 0 aliphatic rings. The minimum Gasteiger partial charge on any atom is -0.326 e. The van der Waals surface area contributed by atoms with Crippen molar-refractivity contribution < 1.29 is 14.8 Å². The molecule has 0 radical (unpaired) electrons. The lowest BCUT2D eigenvalue weighted by Gasteiger charge is -2.05. The lowest BCUT2D eigenvalue weighted by molar-refractivity contribution is -0.129. The van der Waals surface area contributed by atoms with Crippen molar-refractivity contribution in [1.82, 2.24) is 25.2 Å². The molecule has 2 aromatic carbocycles. The second kappa shape index (κ2) is 9.88. The molecule has 4 N–H and O–H groups in total. The number of hydroxylamine groups is 1. The van der Waals surface area contributed by atoms with Gasteiger partial charge in [-0.15, -0.1) is 0 Å². The standard InChI is InChI=1S/C23H24N6O3/c30-22(8-4-5-9-23(31)28-32)25-21-13-19(26-27-21)17-10-11-18-20(12-17)29(15-24-18)14-16-6-2-1-3-7-16/h1-3,6-7,10-13,15,32H,4-5,8-9,14H2,(H,28,31)(H2,25,26,27,30). The van der Waals surface area contributed by atoms with Gasteiger partial charge in [-0.2, -0.15) is 5.10 Å². The van der Waals surface area contributed by atoms with E-state index in [2.05, 4.69) is 43.3 Å². The van der Waals surface area contributed by atoms with Gasteiger partial charge in [0, 0.05) is 31.0 Å². The first-order valence-corrected chi connectivity index (χ1v) is 10.4. The van der Waals surface area contributed by atoms with E-state index in [1.54, 1.807) is 11.5 Å². The summed E-state index contributed by atoms with van der Waals surface area (Å²) in [6, 6.07) is 18.0. The summed E-state index contributed by atoms with van der Waals surface area (Å²) in [7, 11) is 0. The number of H-pyrrole nitrogens is 1. The summed E-state index contributed by atoms with van der Waals surface area (Å²) in [4.78, 5) is 27.6. The minimum absolute atomic E-state index is 0.177. The van der Waals surface area contributed by atoms with E-state index in [4.69, 9.17) is 5.21 Å². The van der Waals surface area contributed by atoms with Crippen LogP contribution in [-0.2, 0) is 16.1 Å². The summed E-state index contributed by atoms with van der Waals surface area (Å²) >= 11 is 0. The molecule has 0 spiro atoms. The predicted molar refractivity (Wildman–Crippen MR) is 120 cm³/mol. The number of carbonyl (C=O) groups excluding carboxylic acids is 2. The zero-order valence-corrected chi connectivity index (χ0v) is 17.4. The Balaban J connectivity index is 1.41. The van der Waals surface area contributed by atoms with Gasteiger partial charge >= 0.3 is 0 Å². The molecule has 4 rings (SSSR count). The predicted octanol–water partition coefficient (Wildman–Crippen LogP) is 3.48. The van der Waals surface area contributed by atoms with Gasteiger partial charge in [0.05, 0.1) is 23.1 Å². The van der Waals surface area contributed by atoms with E-state index in [1.165, 1.54) is 5.56 Å². The summed E-state index contributed by atoms with van der Waals surface area (Å²) < 4.78 is 2.10. The number of nitrogens with one attached hydrogen (secondary N) is 3. The fourth-order valence-corrected chi connectivity index (χ4v) is 3.50. The van der Waals surface area contributed by atoms with Gasteiger partial charge in [-0.25, -0.2) is 10.5 Å². The molecular formula is C23H24N6O3. The summed E-state index contributed by atoms with van der Waals surface area (Å²) in [6.45, 7) is 0.727. The molecule has 32 heavy (non-hydrogen) atoms. The highest BCUT2D eigenvalue weighted by Crippen LogP contribution is 2.25. The number of fused-ring (bicyclic) bond motifs is 1. The van der Waals surface area contributed by atoms with E-state index < -0.39 is 5.91 Å². The number of benzene rings is 2. The quantitative estimate of drug-likeness (QED) is 0.183. The van der Waals surface area contributed by atoms with E-state index in [1.807, 2.05) is 36.7 Å². The Kier molecular flexibility index (Phi) is 6.57. The lowest BCUT2D eigenvalue weighted by atomic mass is 10.1. The molecule has 9 heteroatoms. The smallest absolute Gasteiger partial charge is 0.243 e. The molecule has 2 amide bonds. The van der Waals surface area contributed by atoms with Crippen LogP contribution in [0.15, 0.2) is 60.9 Å². The topological polar surface area (TPSA) is 125 Å². The summed E-state index contributed by atoms with van der Waals surface area (Å²) in [5.74, 6) is -0.190. The maximum atomic E-state index is 12.1. The molecule has 0 saturated carbocycles. The van der Waals surface area contributed by atoms with Gasteiger partial charge in [0.15, 0.2) is 5.82 Å². The molecule has 9 nitrogen and oxygen atoms in total. The molecule has 4 aromatic rings. The van der Waals surface area contributed by atoms with Crippen molar-refractivity contribution in [3.63, 3.8) is 0 Å². The average molecular weight is 432 g/mol. The SMILES string of the molecule is O=C(CCCCC(=O)Nc1cc(-c2ccc3ncn(Cc4ccccc4)c3c2)[nH]n1)NO. The van der Waals surface area contributed by atoms with Crippen LogP contribution in [0.5, 0.6) is 0 Å². The Hall–Kier alpha value is -3.98. The number of hydrogen-bond donors (Lipinski definition) is 4. The van der Waals surface area contributed by atoms with Crippen molar-refractivity contribution in [3.05, 3.63) is 66.5 Å². The van der Waals surface area contributed by atoms with Crippen LogP contribution < -0.4 is 10.8 Å². The monoisotopic (exact) mass is 432 g/mol. The Labute approximate surface area is 184 Å². The van der Waals surface area contributed by atoms with Crippen molar-refractivity contribution in [2.45, 2.75) is 32.2 Å². The summed E-state index contributed by atoms with van der Waals surface area (Å²) in [5.41, 5.74) is 6.42. The van der Waals surface area contributed by atoms with Crippen LogP contribution in [0.4, 0.5) is 5.82 Å². The number of carbonyl (C=O) groups is 2. The van der Waals surface area contributed by atoms with E-state index >= 15 is 0 Å². The first-order valence-electron chi connectivity index (χ1n) is 10.4. The molecule has 0 saturated heterocycles. The molecule has 0 fully saturated rings. The van der Waals surface area contributed by atoms with Crippen LogP contribution in [0.3, 0.4) is 0 Å². The first-order chi connectivity index (χ1) is 15.6. The molecular weight excluding hydrogens is 408 g/mol. The molecule has 0 atom stereocenters. The Bertz CT molecular complexity index is 1210.